The van der Waals surface area contributed by atoms with Crippen molar-refractivity contribution in [2.45, 2.75) is 32.2 Å². The quantitative estimate of drug-likeness (QED) is 0.935. The third-order valence-electron chi connectivity index (χ3n) is 3.24. The summed E-state index contributed by atoms with van der Waals surface area (Å²) < 4.78 is 29.0. The first kappa shape index (κ1) is 14.7. The van der Waals surface area contributed by atoms with Gasteiger partial charge < -0.3 is 0 Å². The fourth-order valence-corrected chi connectivity index (χ4v) is 3.29. The number of aryl methyl sites for hydroxylation is 4. The predicted octanol–water partition coefficient (Wildman–Crippen LogP) is 1.82. The summed E-state index contributed by atoms with van der Waals surface area (Å²) in [7, 11) is -1.68. The van der Waals surface area contributed by atoms with E-state index < -0.39 is 10.0 Å². The number of hydrogen-bond acceptors (Lipinski definition) is 3. The highest BCUT2D eigenvalue weighted by Gasteiger charge is 2.17. The molecule has 0 radical (unpaired) electrons. The van der Waals surface area contributed by atoms with Crippen LogP contribution in [0.1, 0.15) is 22.5 Å². The summed E-state index contributed by atoms with van der Waals surface area (Å²) in [5.74, 6) is 0. The summed E-state index contributed by atoms with van der Waals surface area (Å²) in [6.07, 6.45) is 0. The Hall–Kier alpha value is -1.66. The summed E-state index contributed by atoms with van der Waals surface area (Å²) in [5.41, 5.74) is 3.36. The van der Waals surface area contributed by atoms with Gasteiger partial charge in [-0.25, -0.2) is 13.1 Å². The average Bonchev–Trinajstić information content (AvgIpc) is 2.69. The Morgan fingerprint density at radius 2 is 1.90 bits per heavy atom. The lowest BCUT2D eigenvalue weighted by molar-refractivity contribution is 0.578. The van der Waals surface area contributed by atoms with Gasteiger partial charge in [-0.3, -0.25) is 4.68 Å². The molecular weight excluding hydrogens is 274 g/mol. The predicted molar refractivity (Wildman–Crippen MR) is 77.9 cm³/mol. The molecule has 0 saturated heterocycles. The number of sulfonamides is 1. The molecule has 2 rings (SSSR count). The van der Waals surface area contributed by atoms with E-state index in [-0.39, 0.29) is 6.54 Å². The minimum absolute atomic E-state index is 0.192. The van der Waals surface area contributed by atoms with Crippen molar-refractivity contribution in [2.75, 3.05) is 0 Å². The zero-order valence-electron chi connectivity index (χ0n) is 12.1. The molecule has 1 heterocycles. The largest absolute Gasteiger partial charge is 0.273 e. The summed E-state index contributed by atoms with van der Waals surface area (Å²) in [5, 5.41) is 4.24. The van der Waals surface area contributed by atoms with Crippen molar-refractivity contribution in [2.24, 2.45) is 7.05 Å². The molecule has 0 saturated carbocycles. The molecule has 0 aliphatic heterocycles. The SMILES string of the molecule is Cc1ccc(C)c(S(=O)(=O)NCc2cc(C)n(C)n2)c1. The zero-order chi connectivity index (χ0) is 14.9. The topological polar surface area (TPSA) is 64.0 Å². The van der Waals surface area contributed by atoms with E-state index in [4.69, 9.17) is 0 Å². The maximum Gasteiger partial charge on any atom is 0.241 e. The first-order valence-corrected chi connectivity index (χ1v) is 7.84. The van der Waals surface area contributed by atoms with Gasteiger partial charge in [0.1, 0.15) is 0 Å². The van der Waals surface area contributed by atoms with Crippen LogP contribution >= 0.6 is 0 Å². The van der Waals surface area contributed by atoms with Crippen molar-refractivity contribution in [3.05, 3.63) is 46.8 Å². The maximum atomic E-state index is 12.3. The van der Waals surface area contributed by atoms with Gasteiger partial charge in [-0.1, -0.05) is 12.1 Å². The number of hydrogen-bond donors (Lipinski definition) is 1. The van der Waals surface area contributed by atoms with Crippen LogP contribution in [-0.4, -0.2) is 18.2 Å². The second kappa shape index (κ2) is 5.38. The highest BCUT2D eigenvalue weighted by molar-refractivity contribution is 7.89. The van der Waals surface area contributed by atoms with Crippen LogP contribution in [-0.2, 0) is 23.6 Å². The van der Waals surface area contributed by atoms with Crippen LogP contribution in [0, 0.1) is 20.8 Å². The Balaban J connectivity index is 2.21. The maximum absolute atomic E-state index is 12.3. The molecule has 2 aromatic rings. The van der Waals surface area contributed by atoms with Crippen molar-refractivity contribution in [1.82, 2.24) is 14.5 Å². The molecule has 0 spiro atoms. The minimum Gasteiger partial charge on any atom is -0.273 e. The molecule has 0 unspecified atom stereocenters. The monoisotopic (exact) mass is 293 g/mol. The van der Waals surface area contributed by atoms with E-state index in [2.05, 4.69) is 9.82 Å². The molecule has 1 N–H and O–H groups in total. The van der Waals surface area contributed by atoms with Crippen molar-refractivity contribution in [1.29, 1.82) is 0 Å². The lowest BCUT2D eigenvalue weighted by atomic mass is 10.2. The van der Waals surface area contributed by atoms with Crippen molar-refractivity contribution >= 4 is 10.0 Å². The molecule has 0 bridgehead atoms. The lowest BCUT2D eigenvalue weighted by Crippen LogP contribution is -2.24. The van der Waals surface area contributed by atoms with E-state index in [9.17, 15) is 8.42 Å². The molecule has 1 aromatic carbocycles. The molecule has 0 fully saturated rings. The van der Waals surface area contributed by atoms with Gasteiger partial charge in [-0.05, 0) is 44.0 Å². The van der Waals surface area contributed by atoms with Crippen LogP contribution in [0.2, 0.25) is 0 Å². The van der Waals surface area contributed by atoms with E-state index in [0.717, 1.165) is 16.8 Å². The van der Waals surface area contributed by atoms with Crippen LogP contribution in [0.5, 0.6) is 0 Å². The molecule has 0 aliphatic rings. The molecule has 5 nitrogen and oxygen atoms in total. The van der Waals surface area contributed by atoms with Gasteiger partial charge in [-0.15, -0.1) is 0 Å². The summed E-state index contributed by atoms with van der Waals surface area (Å²) in [4.78, 5) is 0.324. The van der Waals surface area contributed by atoms with Gasteiger partial charge in [0, 0.05) is 12.7 Å². The number of aromatic nitrogens is 2. The van der Waals surface area contributed by atoms with Gasteiger partial charge in [0.25, 0.3) is 0 Å². The Kier molecular flexibility index (Phi) is 3.96. The van der Waals surface area contributed by atoms with Crippen LogP contribution in [0.3, 0.4) is 0 Å². The first-order chi connectivity index (χ1) is 9.29. The first-order valence-electron chi connectivity index (χ1n) is 6.36. The summed E-state index contributed by atoms with van der Waals surface area (Å²) in [6.45, 7) is 5.78. The van der Waals surface area contributed by atoms with Crippen molar-refractivity contribution in [3.63, 3.8) is 0 Å². The normalized spacial score (nSPS) is 11.8. The van der Waals surface area contributed by atoms with Gasteiger partial charge >= 0.3 is 0 Å². The van der Waals surface area contributed by atoms with Crippen LogP contribution in [0.15, 0.2) is 29.2 Å². The van der Waals surface area contributed by atoms with Crippen LogP contribution < -0.4 is 4.72 Å². The summed E-state index contributed by atoms with van der Waals surface area (Å²) >= 11 is 0. The second-order valence-corrected chi connectivity index (χ2v) is 6.73. The van der Waals surface area contributed by atoms with Gasteiger partial charge in [0.2, 0.25) is 10.0 Å². The van der Waals surface area contributed by atoms with E-state index in [1.807, 2.05) is 39.1 Å². The molecular formula is C14H19N3O2S. The molecule has 0 amide bonds. The molecule has 0 aliphatic carbocycles. The van der Waals surface area contributed by atoms with Gasteiger partial charge in [0.05, 0.1) is 17.1 Å². The van der Waals surface area contributed by atoms with E-state index in [0.29, 0.717) is 10.6 Å². The fourth-order valence-electron chi connectivity index (χ4n) is 1.96. The second-order valence-electron chi connectivity index (χ2n) is 4.99. The Morgan fingerprint density at radius 3 is 2.50 bits per heavy atom. The number of benzene rings is 1. The smallest absolute Gasteiger partial charge is 0.241 e. The zero-order valence-corrected chi connectivity index (χ0v) is 13.0. The highest BCUT2D eigenvalue weighted by atomic mass is 32.2. The van der Waals surface area contributed by atoms with Gasteiger partial charge in [-0.2, -0.15) is 5.10 Å². The lowest BCUT2D eigenvalue weighted by Gasteiger charge is -2.09. The number of nitrogens with one attached hydrogen (secondary N) is 1. The molecule has 6 heteroatoms. The molecule has 20 heavy (non-hydrogen) atoms. The third kappa shape index (κ3) is 3.08. The van der Waals surface area contributed by atoms with E-state index >= 15 is 0 Å². The van der Waals surface area contributed by atoms with Gasteiger partial charge in [0.15, 0.2) is 0 Å². The average molecular weight is 293 g/mol. The van der Waals surface area contributed by atoms with Crippen LogP contribution in [0.25, 0.3) is 0 Å². The van der Waals surface area contributed by atoms with E-state index in [1.54, 1.807) is 17.7 Å². The number of rotatable bonds is 4. The Labute approximate surface area is 119 Å². The Bertz CT molecular complexity index is 713. The number of nitrogens with zero attached hydrogens (tertiary/aromatic N) is 2. The van der Waals surface area contributed by atoms with Crippen LogP contribution in [0.4, 0.5) is 0 Å². The standard InChI is InChI=1S/C14H19N3O2S/c1-10-5-6-11(2)14(7-10)20(18,19)15-9-13-8-12(3)17(4)16-13/h5-8,15H,9H2,1-4H3. The fraction of sp³-hybridized carbons (Fsp3) is 0.357. The Morgan fingerprint density at radius 1 is 1.20 bits per heavy atom. The molecule has 0 atom stereocenters. The minimum atomic E-state index is -3.51. The summed E-state index contributed by atoms with van der Waals surface area (Å²) in [6, 6.07) is 7.26. The molecule has 1 aromatic heterocycles. The van der Waals surface area contributed by atoms with E-state index in [1.165, 1.54) is 0 Å². The molecule has 108 valence electrons. The van der Waals surface area contributed by atoms with Crippen molar-refractivity contribution in [3.8, 4) is 0 Å². The highest BCUT2D eigenvalue weighted by Crippen LogP contribution is 2.16. The third-order valence-corrected chi connectivity index (χ3v) is 4.78. The van der Waals surface area contributed by atoms with Crippen molar-refractivity contribution < 1.29 is 8.42 Å².